The van der Waals surface area contributed by atoms with Crippen molar-refractivity contribution in [1.82, 2.24) is 5.32 Å². The van der Waals surface area contributed by atoms with E-state index in [2.05, 4.69) is 19.2 Å². The first kappa shape index (κ1) is 7.07. The number of rotatable bonds is 4. The summed E-state index contributed by atoms with van der Waals surface area (Å²) in [5.74, 6) is 1.98. The minimum absolute atomic E-state index is 0.921. The van der Waals surface area contributed by atoms with Crippen LogP contribution in [0.25, 0.3) is 0 Å². The highest BCUT2D eigenvalue weighted by molar-refractivity contribution is 4.79. The fourth-order valence-electron chi connectivity index (χ4n) is 1.20. The van der Waals surface area contributed by atoms with Crippen molar-refractivity contribution in [2.24, 2.45) is 11.8 Å². The zero-order valence-electron chi connectivity index (χ0n) is 6.48. The van der Waals surface area contributed by atoms with Crippen LogP contribution in [0.5, 0.6) is 0 Å². The highest BCUT2D eigenvalue weighted by Crippen LogP contribution is 2.35. The molecular formula is C8H17N. The minimum atomic E-state index is 0.921. The second-order valence-electron chi connectivity index (χ2n) is 3.12. The van der Waals surface area contributed by atoms with Crippen LogP contribution >= 0.6 is 0 Å². The summed E-state index contributed by atoms with van der Waals surface area (Å²) in [6.45, 7) is 6.86. The second kappa shape index (κ2) is 3.21. The van der Waals surface area contributed by atoms with Crippen LogP contribution in [0.15, 0.2) is 0 Å². The molecule has 0 aliphatic heterocycles. The van der Waals surface area contributed by atoms with E-state index in [1.54, 1.807) is 0 Å². The molecule has 0 spiro atoms. The van der Waals surface area contributed by atoms with Gasteiger partial charge in [0.2, 0.25) is 0 Å². The Morgan fingerprint density at radius 1 is 1.56 bits per heavy atom. The van der Waals surface area contributed by atoms with Crippen LogP contribution in [0.1, 0.15) is 26.7 Å². The van der Waals surface area contributed by atoms with Crippen LogP contribution < -0.4 is 5.32 Å². The van der Waals surface area contributed by atoms with Crippen LogP contribution in [0.4, 0.5) is 0 Å². The summed E-state index contributed by atoms with van der Waals surface area (Å²) in [4.78, 5) is 0. The Morgan fingerprint density at radius 3 is 2.67 bits per heavy atom. The van der Waals surface area contributed by atoms with E-state index in [1.165, 1.54) is 19.4 Å². The SMILES string of the molecule is CCNCC(C)C1CC1. The molecule has 1 N–H and O–H groups in total. The lowest BCUT2D eigenvalue weighted by Gasteiger charge is -2.08. The van der Waals surface area contributed by atoms with Gasteiger partial charge in [0.25, 0.3) is 0 Å². The number of nitrogens with one attached hydrogen (secondary N) is 1. The summed E-state index contributed by atoms with van der Waals surface area (Å²) < 4.78 is 0. The lowest BCUT2D eigenvalue weighted by Crippen LogP contribution is -2.21. The summed E-state index contributed by atoms with van der Waals surface area (Å²) in [7, 11) is 0. The lowest BCUT2D eigenvalue weighted by atomic mass is 10.1. The van der Waals surface area contributed by atoms with Gasteiger partial charge in [-0.1, -0.05) is 13.8 Å². The Bertz CT molecular complexity index is 76.6. The molecule has 1 atom stereocenters. The molecule has 1 nitrogen and oxygen atoms in total. The van der Waals surface area contributed by atoms with Crippen LogP contribution in [0, 0.1) is 11.8 Å². The third-order valence-corrected chi connectivity index (χ3v) is 2.14. The van der Waals surface area contributed by atoms with Gasteiger partial charge in [-0.25, -0.2) is 0 Å². The fourth-order valence-corrected chi connectivity index (χ4v) is 1.20. The molecule has 1 aliphatic rings. The Morgan fingerprint density at radius 2 is 2.22 bits per heavy atom. The van der Waals surface area contributed by atoms with Gasteiger partial charge >= 0.3 is 0 Å². The maximum absolute atomic E-state index is 3.37. The van der Waals surface area contributed by atoms with E-state index >= 15 is 0 Å². The molecule has 1 saturated carbocycles. The molecule has 1 heteroatoms. The summed E-state index contributed by atoms with van der Waals surface area (Å²) >= 11 is 0. The van der Waals surface area contributed by atoms with Crippen molar-refractivity contribution in [2.75, 3.05) is 13.1 Å². The van der Waals surface area contributed by atoms with E-state index in [4.69, 9.17) is 0 Å². The highest BCUT2D eigenvalue weighted by Gasteiger charge is 2.26. The molecule has 54 valence electrons. The van der Waals surface area contributed by atoms with Gasteiger partial charge in [0.05, 0.1) is 0 Å². The predicted octanol–water partition coefficient (Wildman–Crippen LogP) is 1.64. The van der Waals surface area contributed by atoms with Crippen molar-refractivity contribution in [3.05, 3.63) is 0 Å². The second-order valence-corrected chi connectivity index (χ2v) is 3.12. The normalized spacial score (nSPS) is 22.0. The van der Waals surface area contributed by atoms with Crippen molar-refractivity contribution in [3.63, 3.8) is 0 Å². The van der Waals surface area contributed by atoms with E-state index < -0.39 is 0 Å². The molecule has 9 heavy (non-hydrogen) atoms. The molecule has 1 aliphatic carbocycles. The minimum Gasteiger partial charge on any atom is -0.317 e. The van der Waals surface area contributed by atoms with Crippen molar-refractivity contribution >= 4 is 0 Å². The molecule has 1 fully saturated rings. The predicted molar refractivity (Wildman–Crippen MR) is 40.4 cm³/mol. The average molecular weight is 127 g/mol. The third kappa shape index (κ3) is 2.35. The van der Waals surface area contributed by atoms with Crippen LogP contribution in [-0.4, -0.2) is 13.1 Å². The largest absolute Gasteiger partial charge is 0.317 e. The molecule has 0 aromatic carbocycles. The molecule has 0 aromatic heterocycles. The Labute approximate surface area is 57.8 Å². The van der Waals surface area contributed by atoms with E-state index in [0.29, 0.717) is 0 Å². The van der Waals surface area contributed by atoms with Crippen molar-refractivity contribution in [3.8, 4) is 0 Å². The maximum atomic E-state index is 3.37. The van der Waals surface area contributed by atoms with Gasteiger partial charge in [-0.2, -0.15) is 0 Å². The quantitative estimate of drug-likeness (QED) is 0.605. The molecule has 0 heterocycles. The third-order valence-electron chi connectivity index (χ3n) is 2.14. The zero-order valence-corrected chi connectivity index (χ0v) is 6.48. The van der Waals surface area contributed by atoms with Crippen molar-refractivity contribution < 1.29 is 0 Å². The first-order chi connectivity index (χ1) is 4.34. The zero-order chi connectivity index (χ0) is 6.69. The Kier molecular flexibility index (Phi) is 2.52. The number of hydrogen-bond donors (Lipinski definition) is 1. The summed E-state index contributed by atoms with van der Waals surface area (Å²) in [6.07, 6.45) is 2.96. The first-order valence-corrected chi connectivity index (χ1v) is 4.05. The van der Waals surface area contributed by atoms with E-state index in [9.17, 15) is 0 Å². The molecule has 0 radical (unpaired) electrons. The molecule has 0 aromatic rings. The van der Waals surface area contributed by atoms with Crippen LogP contribution in [-0.2, 0) is 0 Å². The Balaban J connectivity index is 1.96. The van der Waals surface area contributed by atoms with Gasteiger partial charge in [-0.3, -0.25) is 0 Å². The number of hydrogen-bond acceptors (Lipinski definition) is 1. The standard InChI is InChI=1S/C8H17N/c1-3-9-6-7(2)8-4-5-8/h7-9H,3-6H2,1-2H3. The lowest BCUT2D eigenvalue weighted by molar-refractivity contribution is 0.469. The highest BCUT2D eigenvalue weighted by atomic mass is 14.8. The average Bonchev–Trinajstić information content (AvgIpc) is 2.63. The fraction of sp³-hybridized carbons (Fsp3) is 1.00. The van der Waals surface area contributed by atoms with Crippen LogP contribution in [0.3, 0.4) is 0 Å². The summed E-state index contributed by atoms with van der Waals surface area (Å²) in [5.41, 5.74) is 0. The van der Waals surface area contributed by atoms with Gasteiger partial charge in [0.1, 0.15) is 0 Å². The van der Waals surface area contributed by atoms with Gasteiger partial charge in [-0.15, -0.1) is 0 Å². The molecule has 1 rings (SSSR count). The smallest absolute Gasteiger partial charge is 0.00206 e. The van der Waals surface area contributed by atoms with Gasteiger partial charge in [0.15, 0.2) is 0 Å². The van der Waals surface area contributed by atoms with Crippen LogP contribution in [0.2, 0.25) is 0 Å². The Hall–Kier alpha value is -0.0400. The molecule has 0 amide bonds. The monoisotopic (exact) mass is 127 g/mol. The van der Waals surface area contributed by atoms with E-state index in [1.807, 2.05) is 0 Å². The first-order valence-electron chi connectivity index (χ1n) is 4.05. The van der Waals surface area contributed by atoms with Gasteiger partial charge in [-0.05, 0) is 37.8 Å². The van der Waals surface area contributed by atoms with Gasteiger partial charge < -0.3 is 5.32 Å². The molecular weight excluding hydrogens is 110 g/mol. The molecule has 1 unspecified atom stereocenters. The summed E-state index contributed by atoms with van der Waals surface area (Å²) in [6, 6.07) is 0. The van der Waals surface area contributed by atoms with Crippen molar-refractivity contribution in [2.45, 2.75) is 26.7 Å². The van der Waals surface area contributed by atoms with E-state index in [-0.39, 0.29) is 0 Å². The van der Waals surface area contributed by atoms with Crippen molar-refractivity contribution in [1.29, 1.82) is 0 Å². The topological polar surface area (TPSA) is 12.0 Å². The molecule has 0 bridgehead atoms. The van der Waals surface area contributed by atoms with E-state index in [0.717, 1.165) is 18.4 Å². The summed E-state index contributed by atoms with van der Waals surface area (Å²) in [5, 5.41) is 3.37. The maximum Gasteiger partial charge on any atom is -0.00206 e. The van der Waals surface area contributed by atoms with Gasteiger partial charge in [0, 0.05) is 0 Å². The molecule has 0 saturated heterocycles.